The van der Waals surface area contributed by atoms with Crippen LogP contribution in [0.25, 0.3) is 0 Å². The molecule has 0 aliphatic heterocycles. The van der Waals surface area contributed by atoms with Gasteiger partial charge in [-0.3, -0.25) is 0 Å². The summed E-state index contributed by atoms with van der Waals surface area (Å²) >= 11 is 0. The predicted molar refractivity (Wildman–Crippen MR) is 14.3 cm³/mol. The minimum Gasteiger partial charge on any atom is -0.329 e. The van der Waals surface area contributed by atoms with E-state index in [0.29, 0.717) is 0 Å². The maximum atomic E-state index is 10.4. The Morgan fingerprint density at radius 1 is 1.17 bits per heavy atom. The highest BCUT2D eigenvalue weighted by atomic mass is 19.4. The van der Waals surface area contributed by atoms with Gasteiger partial charge in [-0.15, -0.1) is 0 Å². The van der Waals surface area contributed by atoms with Crippen molar-refractivity contribution in [2.45, 2.75) is 6.08 Å². The smallest absolute Gasteiger partial charge is 0.329 e. The molecule has 0 saturated carbocycles. The standard InChI is InChI=1S/CHBF4/c3-1(4,5)2-6/h2H. The maximum absolute atomic E-state index is 10.4. The minimum absolute atomic E-state index is 2.23. The zero-order chi connectivity index (χ0) is 5.21. The van der Waals surface area contributed by atoms with Crippen molar-refractivity contribution in [1.29, 1.82) is 0 Å². The first-order valence-corrected chi connectivity index (χ1v) is 1.19. The molecular weight excluding hydrogens is 98.8 g/mol. The third-order valence-corrected chi connectivity index (χ3v) is 0.152. The number of hydrogen-bond donors (Lipinski definition) is 0. The molecule has 0 atom stereocenters. The molecule has 0 aliphatic rings. The van der Waals surface area contributed by atoms with Crippen molar-refractivity contribution in [3.05, 3.63) is 0 Å². The SMILES string of the molecule is FBC(F)(F)F. The molecule has 0 bridgehead atoms. The summed E-state index contributed by atoms with van der Waals surface area (Å²) in [6, 6.07) is 0. The second-order valence-electron chi connectivity index (χ2n) is 0.749. The van der Waals surface area contributed by atoms with Gasteiger partial charge in [0.2, 0.25) is 0 Å². The van der Waals surface area contributed by atoms with Crippen LogP contribution < -0.4 is 0 Å². The number of alkyl halides is 3. The lowest BCUT2D eigenvalue weighted by molar-refractivity contribution is -0.0522. The van der Waals surface area contributed by atoms with Crippen LogP contribution in [0.5, 0.6) is 0 Å². The second kappa shape index (κ2) is 1.49. The molecule has 0 N–H and O–H groups in total. The van der Waals surface area contributed by atoms with Gasteiger partial charge in [0.1, 0.15) is 0 Å². The van der Waals surface area contributed by atoms with Crippen LogP contribution in [-0.2, 0) is 0 Å². The van der Waals surface area contributed by atoms with Crippen molar-refractivity contribution in [3.8, 4) is 0 Å². The molecule has 0 rings (SSSR count). The van der Waals surface area contributed by atoms with Crippen molar-refractivity contribution in [2.75, 3.05) is 0 Å². The highest BCUT2D eigenvalue weighted by Crippen LogP contribution is 2.11. The van der Waals surface area contributed by atoms with Crippen LogP contribution in [0.2, 0.25) is 0 Å². The predicted octanol–water partition coefficient (Wildman–Crippen LogP) is 0.827. The van der Waals surface area contributed by atoms with Gasteiger partial charge in [-0.1, -0.05) is 0 Å². The summed E-state index contributed by atoms with van der Waals surface area (Å²) in [5.74, 6) is 0. The maximum Gasteiger partial charge on any atom is 0.453 e. The molecule has 0 aromatic rings. The average Bonchev–Trinajstić information content (AvgIpc) is 1.35. The van der Waals surface area contributed by atoms with Crippen LogP contribution in [0.15, 0.2) is 0 Å². The van der Waals surface area contributed by atoms with Gasteiger partial charge < -0.3 is 4.32 Å². The molecule has 0 heterocycles. The second-order valence-corrected chi connectivity index (χ2v) is 0.749. The molecule has 0 aliphatic carbocycles. The lowest BCUT2D eigenvalue weighted by Gasteiger charge is -1.92. The Balaban J connectivity index is 3.17. The van der Waals surface area contributed by atoms with Crippen molar-refractivity contribution >= 4 is 7.56 Å². The summed E-state index contributed by atoms with van der Waals surface area (Å²) in [5, 5.41) is 0. The first-order chi connectivity index (χ1) is 2.56. The van der Waals surface area contributed by atoms with Crippen molar-refractivity contribution in [1.82, 2.24) is 0 Å². The molecule has 0 unspecified atom stereocenters. The molecule has 0 nitrogen and oxygen atoms in total. The summed E-state index contributed by atoms with van der Waals surface area (Å²) in [6.07, 6.45) is -4.62. The molecule has 5 heteroatoms. The molecule has 0 aromatic carbocycles. The first-order valence-electron chi connectivity index (χ1n) is 1.19. The number of rotatable bonds is 0. The first kappa shape index (κ1) is 5.78. The summed E-state index contributed by atoms with van der Waals surface area (Å²) in [4.78, 5) is 0. The highest BCUT2D eigenvalue weighted by molar-refractivity contribution is 6.28. The van der Waals surface area contributed by atoms with Gasteiger partial charge in [-0.2, -0.15) is 13.2 Å². The lowest BCUT2D eigenvalue weighted by atomic mass is 10.1. The van der Waals surface area contributed by atoms with E-state index in [9.17, 15) is 17.5 Å². The Hall–Kier alpha value is -0.215. The topological polar surface area (TPSA) is 0 Å². The normalized spacial score (nSPS) is 11.3. The van der Waals surface area contributed by atoms with Gasteiger partial charge in [-0.25, -0.2) is 0 Å². The minimum atomic E-state index is -4.62. The number of halogens is 4. The zero-order valence-electron chi connectivity index (χ0n) is 2.72. The van der Waals surface area contributed by atoms with E-state index < -0.39 is 13.6 Å². The molecule has 0 radical (unpaired) electrons. The van der Waals surface area contributed by atoms with Gasteiger partial charge in [0.25, 0.3) is 0 Å². The van der Waals surface area contributed by atoms with Crippen LogP contribution in [0.1, 0.15) is 0 Å². The third-order valence-electron chi connectivity index (χ3n) is 0.152. The van der Waals surface area contributed by atoms with E-state index >= 15 is 0 Å². The van der Waals surface area contributed by atoms with Crippen LogP contribution in [0, 0.1) is 0 Å². The fourth-order valence-corrected chi connectivity index (χ4v) is 0. The Labute approximate surface area is 32.4 Å². The van der Waals surface area contributed by atoms with E-state index in [1.807, 2.05) is 0 Å². The van der Waals surface area contributed by atoms with Gasteiger partial charge in [0, 0.05) is 0 Å². The van der Waals surface area contributed by atoms with Gasteiger partial charge >= 0.3 is 13.6 Å². The summed E-state index contributed by atoms with van der Waals surface area (Å²) < 4.78 is 41.6. The van der Waals surface area contributed by atoms with E-state index in [1.54, 1.807) is 0 Å². The van der Waals surface area contributed by atoms with Crippen LogP contribution >= 0.6 is 0 Å². The summed E-state index contributed by atoms with van der Waals surface area (Å²) in [7, 11) is -2.23. The van der Waals surface area contributed by atoms with E-state index in [2.05, 4.69) is 0 Å². The largest absolute Gasteiger partial charge is 0.453 e. The Bertz CT molecular complexity index is 37.3. The lowest BCUT2D eigenvalue weighted by Crippen LogP contribution is -2.12. The van der Waals surface area contributed by atoms with Crippen LogP contribution in [0.4, 0.5) is 17.5 Å². The van der Waals surface area contributed by atoms with Gasteiger partial charge in [-0.05, 0) is 0 Å². The number of hydrogen-bond acceptors (Lipinski definition) is 0. The van der Waals surface area contributed by atoms with Gasteiger partial charge in [0.05, 0.1) is 0 Å². The fraction of sp³-hybridized carbons (Fsp3) is 1.00. The van der Waals surface area contributed by atoms with E-state index in [0.717, 1.165) is 0 Å². The fourth-order valence-electron chi connectivity index (χ4n) is 0. The van der Waals surface area contributed by atoms with Crippen molar-refractivity contribution in [2.24, 2.45) is 0 Å². The van der Waals surface area contributed by atoms with Crippen molar-refractivity contribution in [3.63, 3.8) is 0 Å². The van der Waals surface area contributed by atoms with E-state index in [-0.39, 0.29) is 0 Å². The summed E-state index contributed by atoms with van der Waals surface area (Å²) in [5.41, 5.74) is 0. The Kier molecular flexibility index (Phi) is 1.44. The molecule has 0 aromatic heterocycles. The highest BCUT2D eigenvalue weighted by Gasteiger charge is 2.29. The molecule has 0 fully saturated rings. The van der Waals surface area contributed by atoms with Gasteiger partial charge in [0.15, 0.2) is 0 Å². The van der Waals surface area contributed by atoms with E-state index in [4.69, 9.17) is 0 Å². The Morgan fingerprint density at radius 3 is 1.33 bits per heavy atom. The Morgan fingerprint density at radius 2 is 1.33 bits per heavy atom. The average molecular weight is 99.8 g/mol. The molecule has 0 amide bonds. The molecule has 36 valence electrons. The monoisotopic (exact) mass is 100 g/mol. The van der Waals surface area contributed by atoms with Crippen LogP contribution in [0.3, 0.4) is 0 Å². The molecule has 0 spiro atoms. The van der Waals surface area contributed by atoms with Crippen molar-refractivity contribution < 1.29 is 17.5 Å². The molecular formula is CHBF4. The quantitative estimate of drug-likeness (QED) is 0.312. The zero-order valence-corrected chi connectivity index (χ0v) is 2.72. The summed E-state index contributed by atoms with van der Waals surface area (Å²) in [6.45, 7) is 0. The van der Waals surface area contributed by atoms with Crippen LogP contribution in [-0.4, -0.2) is 13.6 Å². The third kappa shape index (κ3) is 3.78. The van der Waals surface area contributed by atoms with E-state index in [1.165, 1.54) is 0 Å². The molecule has 6 heavy (non-hydrogen) atoms. The molecule has 0 saturated heterocycles.